The van der Waals surface area contributed by atoms with Gasteiger partial charge in [0.15, 0.2) is 0 Å². The molecule has 1 heterocycles. The van der Waals surface area contributed by atoms with E-state index in [1.165, 1.54) is 18.2 Å². The Bertz CT molecular complexity index is 827. The Morgan fingerprint density at radius 2 is 1.93 bits per heavy atom. The van der Waals surface area contributed by atoms with Crippen molar-refractivity contribution in [3.05, 3.63) is 53.9 Å². The predicted molar refractivity (Wildman–Crippen MR) is 109 cm³/mol. The summed E-state index contributed by atoms with van der Waals surface area (Å²) in [5, 5.41) is 0.338. The molecular formula is C22H28F3NO2. The lowest BCUT2D eigenvalue weighted by Gasteiger charge is -2.12. The standard InChI is InChI=1S/C15H12F3NO.C5H10O.C2H6/c1-4-10(5-2)13-9(3)19-11-7-6-8-12(14(11)13)20-15(16,17)18;1-4-5(2)6-3;1-2/h1,5-8,10,19H,2H2,3H3;4H,1-3H3;1-2H3/b;5-4+;. The number of aromatic amines is 1. The van der Waals surface area contributed by atoms with Gasteiger partial charge in [-0.15, -0.1) is 26.2 Å². The highest BCUT2D eigenvalue weighted by molar-refractivity contribution is 5.91. The van der Waals surface area contributed by atoms with E-state index in [1.807, 2.05) is 33.8 Å². The molecule has 1 aromatic carbocycles. The van der Waals surface area contributed by atoms with Gasteiger partial charge in [-0.1, -0.05) is 38.0 Å². The fraction of sp³-hybridized carbons (Fsp3) is 0.364. The average molecular weight is 395 g/mol. The summed E-state index contributed by atoms with van der Waals surface area (Å²) < 4.78 is 46.3. The van der Waals surface area contributed by atoms with Crippen molar-refractivity contribution < 1.29 is 22.6 Å². The van der Waals surface area contributed by atoms with Crippen LogP contribution in [0.25, 0.3) is 10.9 Å². The van der Waals surface area contributed by atoms with E-state index in [1.54, 1.807) is 20.1 Å². The monoisotopic (exact) mass is 395 g/mol. The van der Waals surface area contributed by atoms with Crippen molar-refractivity contribution in [3.63, 3.8) is 0 Å². The molecule has 2 aromatic rings. The number of allylic oxidation sites excluding steroid dienone is 3. The van der Waals surface area contributed by atoms with Crippen LogP contribution >= 0.6 is 0 Å². The Morgan fingerprint density at radius 3 is 2.32 bits per heavy atom. The van der Waals surface area contributed by atoms with Crippen LogP contribution in [0.5, 0.6) is 5.75 Å². The first-order valence-electron chi connectivity index (χ1n) is 8.81. The maximum atomic E-state index is 12.5. The Morgan fingerprint density at radius 1 is 1.32 bits per heavy atom. The summed E-state index contributed by atoms with van der Waals surface area (Å²) in [6, 6.07) is 4.43. The number of rotatable bonds is 4. The first kappa shape index (κ1) is 25.2. The zero-order chi connectivity index (χ0) is 21.9. The molecular weight excluding hydrogens is 367 g/mol. The molecule has 28 heavy (non-hydrogen) atoms. The number of nitrogens with one attached hydrogen (secondary N) is 1. The van der Waals surface area contributed by atoms with Gasteiger partial charge < -0.3 is 14.5 Å². The molecule has 0 aliphatic heterocycles. The average Bonchev–Trinajstić information content (AvgIpc) is 3.00. The number of benzene rings is 1. The number of aromatic nitrogens is 1. The van der Waals surface area contributed by atoms with Crippen molar-refractivity contribution in [3.8, 4) is 18.1 Å². The normalized spacial score (nSPS) is 11.9. The molecule has 0 saturated heterocycles. The summed E-state index contributed by atoms with van der Waals surface area (Å²) in [4.78, 5) is 3.01. The van der Waals surface area contributed by atoms with Gasteiger partial charge in [-0.25, -0.2) is 0 Å². The molecule has 1 N–H and O–H groups in total. The zero-order valence-corrected chi connectivity index (χ0v) is 17.2. The third-order valence-corrected chi connectivity index (χ3v) is 3.70. The number of hydrogen-bond acceptors (Lipinski definition) is 2. The first-order valence-corrected chi connectivity index (χ1v) is 8.81. The van der Waals surface area contributed by atoms with Gasteiger partial charge in [0.1, 0.15) is 5.75 Å². The number of halogens is 3. The summed E-state index contributed by atoms with van der Waals surface area (Å²) in [6.45, 7) is 13.2. The second-order valence-electron chi connectivity index (χ2n) is 5.37. The van der Waals surface area contributed by atoms with E-state index in [0.29, 0.717) is 22.2 Å². The van der Waals surface area contributed by atoms with Crippen LogP contribution in [0.2, 0.25) is 0 Å². The van der Waals surface area contributed by atoms with Crippen molar-refractivity contribution in [2.24, 2.45) is 0 Å². The summed E-state index contributed by atoms with van der Waals surface area (Å²) in [7, 11) is 1.66. The number of methoxy groups -OCH3 is 1. The summed E-state index contributed by atoms with van der Waals surface area (Å²) in [5.74, 6) is 2.72. The Kier molecular flexibility index (Phi) is 10.6. The fourth-order valence-corrected chi connectivity index (χ4v) is 2.36. The van der Waals surface area contributed by atoms with Gasteiger partial charge in [0.05, 0.1) is 18.8 Å². The molecule has 0 spiro atoms. The molecule has 1 aromatic heterocycles. The van der Waals surface area contributed by atoms with Crippen LogP contribution in [-0.2, 0) is 4.74 Å². The molecule has 0 aliphatic carbocycles. The third-order valence-electron chi connectivity index (χ3n) is 3.70. The summed E-state index contributed by atoms with van der Waals surface area (Å²) >= 11 is 0. The molecule has 6 heteroatoms. The molecule has 0 fully saturated rings. The van der Waals surface area contributed by atoms with Gasteiger partial charge in [0.25, 0.3) is 0 Å². The van der Waals surface area contributed by atoms with Crippen LogP contribution in [0, 0.1) is 19.3 Å². The highest BCUT2D eigenvalue weighted by Crippen LogP contribution is 2.38. The number of aryl methyl sites for hydroxylation is 1. The van der Waals surface area contributed by atoms with Crippen LogP contribution in [0.1, 0.15) is 44.9 Å². The van der Waals surface area contributed by atoms with Crippen molar-refractivity contribution in [1.29, 1.82) is 0 Å². The van der Waals surface area contributed by atoms with E-state index >= 15 is 0 Å². The molecule has 154 valence electrons. The van der Waals surface area contributed by atoms with Gasteiger partial charge in [-0.05, 0) is 32.9 Å². The predicted octanol–water partition coefficient (Wildman–Crippen LogP) is 6.86. The van der Waals surface area contributed by atoms with E-state index in [9.17, 15) is 13.2 Å². The molecule has 2 rings (SSSR count). The van der Waals surface area contributed by atoms with E-state index in [2.05, 4.69) is 22.2 Å². The third kappa shape index (κ3) is 7.07. The minimum absolute atomic E-state index is 0.267. The molecule has 0 bridgehead atoms. The number of terminal acetylenes is 1. The number of fused-ring (bicyclic) bond motifs is 1. The molecule has 0 radical (unpaired) electrons. The Hall–Kier alpha value is -2.81. The van der Waals surface area contributed by atoms with Gasteiger partial charge in [-0.3, -0.25) is 0 Å². The van der Waals surface area contributed by atoms with Crippen LogP contribution in [0.3, 0.4) is 0 Å². The molecule has 0 aliphatic rings. The topological polar surface area (TPSA) is 34.2 Å². The first-order chi connectivity index (χ1) is 13.2. The zero-order valence-electron chi connectivity index (χ0n) is 17.2. The second kappa shape index (κ2) is 11.8. The lowest BCUT2D eigenvalue weighted by Crippen LogP contribution is -2.17. The smallest absolute Gasteiger partial charge is 0.502 e. The second-order valence-corrected chi connectivity index (χ2v) is 5.37. The van der Waals surface area contributed by atoms with Gasteiger partial charge in [0.2, 0.25) is 0 Å². The maximum Gasteiger partial charge on any atom is 0.573 e. The molecule has 0 amide bonds. The van der Waals surface area contributed by atoms with Gasteiger partial charge in [0, 0.05) is 22.2 Å². The van der Waals surface area contributed by atoms with E-state index in [4.69, 9.17) is 11.2 Å². The largest absolute Gasteiger partial charge is 0.573 e. The highest BCUT2D eigenvalue weighted by Gasteiger charge is 2.32. The van der Waals surface area contributed by atoms with E-state index in [0.717, 1.165) is 5.76 Å². The van der Waals surface area contributed by atoms with Crippen LogP contribution in [0.15, 0.2) is 42.7 Å². The Labute approximate surface area is 165 Å². The molecule has 1 atom stereocenters. The highest BCUT2D eigenvalue weighted by atomic mass is 19.4. The van der Waals surface area contributed by atoms with Crippen LogP contribution < -0.4 is 4.74 Å². The van der Waals surface area contributed by atoms with Crippen molar-refractivity contribution in [2.45, 2.75) is 46.9 Å². The lowest BCUT2D eigenvalue weighted by atomic mass is 9.96. The minimum atomic E-state index is -4.75. The van der Waals surface area contributed by atoms with Crippen molar-refractivity contribution in [2.75, 3.05) is 7.11 Å². The summed E-state index contributed by atoms with van der Waals surface area (Å²) in [6.07, 6.45) is 4.09. The van der Waals surface area contributed by atoms with Crippen molar-refractivity contribution in [1.82, 2.24) is 4.98 Å². The summed E-state index contributed by atoms with van der Waals surface area (Å²) in [5.41, 5.74) is 1.82. The number of H-pyrrole nitrogens is 1. The molecule has 1 unspecified atom stereocenters. The van der Waals surface area contributed by atoms with E-state index < -0.39 is 12.3 Å². The lowest BCUT2D eigenvalue weighted by molar-refractivity contribution is -0.274. The van der Waals surface area contributed by atoms with Gasteiger partial charge >= 0.3 is 6.36 Å². The van der Waals surface area contributed by atoms with Gasteiger partial charge in [-0.2, -0.15) is 0 Å². The number of ether oxygens (including phenoxy) is 2. The van der Waals surface area contributed by atoms with Crippen LogP contribution in [-0.4, -0.2) is 18.5 Å². The SMILES string of the molecule is C#CC(C=C)c1c(C)[nH]c2cccc(OC(F)(F)F)c12.C/C=C(\C)OC.CC. The quantitative estimate of drug-likeness (QED) is 0.349. The van der Waals surface area contributed by atoms with Crippen LogP contribution in [0.4, 0.5) is 13.2 Å². The number of alkyl halides is 3. The molecule has 3 nitrogen and oxygen atoms in total. The van der Waals surface area contributed by atoms with Crippen molar-refractivity contribution >= 4 is 10.9 Å². The fourth-order valence-electron chi connectivity index (χ4n) is 2.36. The maximum absolute atomic E-state index is 12.5. The van der Waals surface area contributed by atoms with E-state index in [-0.39, 0.29) is 5.75 Å². The number of hydrogen-bond donors (Lipinski definition) is 1. The Balaban J connectivity index is 0.000000780. The minimum Gasteiger partial charge on any atom is -0.502 e. The molecule has 0 saturated carbocycles.